The minimum Gasteiger partial charge on any atom is -0.390 e. The van der Waals surface area contributed by atoms with Gasteiger partial charge >= 0.3 is 0 Å². The van der Waals surface area contributed by atoms with Gasteiger partial charge in [-0.2, -0.15) is 0 Å². The van der Waals surface area contributed by atoms with Crippen molar-refractivity contribution in [1.29, 1.82) is 0 Å². The molecule has 0 aromatic rings. The van der Waals surface area contributed by atoms with Crippen LogP contribution in [0.25, 0.3) is 0 Å². The van der Waals surface area contributed by atoms with Gasteiger partial charge in [-0.3, -0.25) is 0 Å². The Labute approximate surface area is 89.9 Å². The Morgan fingerprint density at radius 3 is 1.50 bits per heavy atom. The number of rotatable bonds is 0. The zero-order valence-corrected chi connectivity index (χ0v) is 10.7. The molecule has 1 heteroatoms. The molecule has 0 aromatic carbocycles. The monoisotopic (exact) mass is 200 g/mol. The maximum absolute atomic E-state index is 9.54. The second kappa shape index (κ2) is 5.75. The molecule has 0 unspecified atom stereocenters. The van der Waals surface area contributed by atoms with E-state index in [4.69, 9.17) is 0 Å². The van der Waals surface area contributed by atoms with Gasteiger partial charge in [-0.05, 0) is 38.0 Å². The Hall–Kier alpha value is -0.0400. The van der Waals surface area contributed by atoms with Crippen molar-refractivity contribution in [2.75, 3.05) is 0 Å². The molecule has 0 aromatic heterocycles. The molecule has 0 bridgehead atoms. The summed E-state index contributed by atoms with van der Waals surface area (Å²) in [6, 6.07) is 0. The van der Waals surface area contributed by atoms with Gasteiger partial charge in [-0.1, -0.05) is 40.5 Å². The fourth-order valence-electron chi connectivity index (χ4n) is 3.04. The summed E-state index contributed by atoms with van der Waals surface area (Å²) in [6.45, 7) is 9.97. The van der Waals surface area contributed by atoms with Crippen LogP contribution in [0.4, 0.5) is 0 Å². The maximum atomic E-state index is 9.54. The van der Waals surface area contributed by atoms with Crippen molar-refractivity contribution in [1.82, 2.24) is 0 Å². The summed E-state index contributed by atoms with van der Waals surface area (Å²) in [5.41, 5.74) is 0.299. The zero-order chi connectivity index (χ0) is 11.2. The molecule has 0 aliphatic heterocycles. The van der Waals surface area contributed by atoms with E-state index in [0.717, 1.165) is 12.8 Å². The smallest absolute Gasteiger partial charge is 0.0630 e. The topological polar surface area (TPSA) is 20.2 Å². The Kier molecular flexibility index (Phi) is 5.73. The van der Waals surface area contributed by atoms with Crippen molar-refractivity contribution in [2.45, 2.75) is 78.7 Å². The quantitative estimate of drug-likeness (QED) is 0.623. The summed E-state index contributed by atoms with van der Waals surface area (Å²) >= 11 is 0. The van der Waals surface area contributed by atoms with E-state index in [1.807, 2.05) is 34.6 Å². The first-order valence-corrected chi connectivity index (χ1v) is 6.34. The Morgan fingerprint density at radius 2 is 1.21 bits per heavy atom. The SMILES string of the molecule is CC.CC.CC1(O)CC2(CCCC2)C1. The fraction of sp³-hybridized carbons (Fsp3) is 1.00. The molecule has 2 fully saturated rings. The average Bonchev–Trinajstić information content (AvgIpc) is 2.58. The van der Waals surface area contributed by atoms with Gasteiger partial charge in [0.1, 0.15) is 0 Å². The molecule has 14 heavy (non-hydrogen) atoms. The lowest BCUT2D eigenvalue weighted by atomic mass is 9.59. The van der Waals surface area contributed by atoms with Crippen LogP contribution in [0.5, 0.6) is 0 Å². The van der Waals surface area contributed by atoms with E-state index in [2.05, 4.69) is 0 Å². The Morgan fingerprint density at radius 1 is 0.857 bits per heavy atom. The second-order valence-electron chi connectivity index (χ2n) is 4.56. The molecular formula is C13H28O. The summed E-state index contributed by atoms with van der Waals surface area (Å²) in [7, 11) is 0. The van der Waals surface area contributed by atoms with Crippen molar-refractivity contribution in [3.63, 3.8) is 0 Å². The van der Waals surface area contributed by atoms with Crippen LogP contribution in [0.1, 0.15) is 73.1 Å². The van der Waals surface area contributed by atoms with Crippen LogP contribution >= 0.6 is 0 Å². The van der Waals surface area contributed by atoms with E-state index >= 15 is 0 Å². The summed E-state index contributed by atoms with van der Waals surface area (Å²) in [6.07, 6.45) is 7.69. The zero-order valence-electron chi connectivity index (χ0n) is 10.7. The van der Waals surface area contributed by atoms with Gasteiger partial charge in [0.2, 0.25) is 0 Å². The van der Waals surface area contributed by atoms with Gasteiger partial charge in [0.15, 0.2) is 0 Å². The van der Waals surface area contributed by atoms with Crippen LogP contribution in [-0.2, 0) is 0 Å². The minimum absolute atomic E-state index is 0.301. The van der Waals surface area contributed by atoms with Gasteiger partial charge in [0.05, 0.1) is 5.60 Å². The molecule has 1 N–H and O–H groups in total. The lowest BCUT2D eigenvalue weighted by molar-refractivity contribution is -0.111. The van der Waals surface area contributed by atoms with Crippen LogP contribution in [0.15, 0.2) is 0 Å². The summed E-state index contributed by atoms with van der Waals surface area (Å²) < 4.78 is 0. The summed E-state index contributed by atoms with van der Waals surface area (Å²) in [4.78, 5) is 0. The van der Waals surface area contributed by atoms with Crippen molar-refractivity contribution in [3.8, 4) is 0 Å². The van der Waals surface area contributed by atoms with Gasteiger partial charge in [-0.25, -0.2) is 0 Å². The first-order valence-electron chi connectivity index (χ1n) is 6.34. The van der Waals surface area contributed by atoms with Crippen molar-refractivity contribution in [2.24, 2.45) is 5.41 Å². The maximum Gasteiger partial charge on any atom is 0.0630 e. The first kappa shape index (κ1) is 14.0. The molecule has 2 aliphatic rings. The largest absolute Gasteiger partial charge is 0.390 e. The number of aliphatic hydroxyl groups is 1. The standard InChI is InChI=1S/C9H16O.2C2H6/c1-8(10)6-9(7-8)4-2-3-5-9;2*1-2/h10H,2-7H2,1H3;2*1-2H3. The second-order valence-corrected chi connectivity index (χ2v) is 4.56. The van der Waals surface area contributed by atoms with Crippen LogP contribution in [0.2, 0.25) is 0 Å². The molecule has 0 saturated heterocycles. The van der Waals surface area contributed by atoms with E-state index in [0.29, 0.717) is 5.41 Å². The van der Waals surface area contributed by atoms with E-state index in [1.54, 1.807) is 0 Å². The third-order valence-corrected chi connectivity index (χ3v) is 3.18. The third-order valence-electron chi connectivity index (χ3n) is 3.18. The molecule has 86 valence electrons. The predicted octanol–water partition coefficient (Wildman–Crippen LogP) is 4.14. The van der Waals surface area contributed by atoms with Crippen molar-refractivity contribution >= 4 is 0 Å². The van der Waals surface area contributed by atoms with Crippen molar-refractivity contribution < 1.29 is 5.11 Å². The first-order chi connectivity index (χ1) is 6.62. The number of hydrogen-bond donors (Lipinski definition) is 1. The van der Waals surface area contributed by atoms with Crippen LogP contribution in [0.3, 0.4) is 0 Å². The lowest BCUT2D eigenvalue weighted by Gasteiger charge is -2.50. The Balaban J connectivity index is 0.000000379. The molecule has 1 spiro atoms. The molecule has 2 rings (SSSR count). The minimum atomic E-state index is -0.301. The highest BCUT2D eigenvalue weighted by atomic mass is 16.3. The van der Waals surface area contributed by atoms with Gasteiger partial charge in [0, 0.05) is 0 Å². The van der Waals surface area contributed by atoms with Crippen LogP contribution in [0, 0.1) is 5.41 Å². The van der Waals surface area contributed by atoms with E-state index in [-0.39, 0.29) is 5.60 Å². The highest BCUT2D eigenvalue weighted by Gasteiger charge is 2.51. The lowest BCUT2D eigenvalue weighted by Crippen LogP contribution is -2.48. The molecule has 0 amide bonds. The van der Waals surface area contributed by atoms with Crippen LogP contribution in [-0.4, -0.2) is 10.7 Å². The van der Waals surface area contributed by atoms with Gasteiger partial charge in [-0.15, -0.1) is 0 Å². The van der Waals surface area contributed by atoms with Gasteiger partial charge in [0.25, 0.3) is 0 Å². The third kappa shape index (κ3) is 3.27. The molecule has 0 radical (unpaired) electrons. The highest BCUT2D eigenvalue weighted by molar-refractivity contribution is 5.03. The number of hydrogen-bond acceptors (Lipinski definition) is 1. The summed E-state index contributed by atoms with van der Waals surface area (Å²) in [5.74, 6) is 0. The predicted molar refractivity (Wildman–Crippen MR) is 63.5 cm³/mol. The molecule has 2 saturated carbocycles. The Bertz CT molecular complexity index is 133. The fourth-order valence-corrected chi connectivity index (χ4v) is 3.04. The molecule has 0 atom stereocenters. The van der Waals surface area contributed by atoms with E-state index < -0.39 is 0 Å². The van der Waals surface area contributed by atoms with Gasteiger partial charge < -0.3 is 5.11 Å². The average molecular weight is 200 g/mol. The van der Waals surface area contributed by atoms with Crippen LogP contribution < -0.4 is 0 Å². The molecular weight excluding hydrogens is 172 g/mol. The van der Waals surface area contributed by atoms with Crippen molar-refractivity contribution in [3.05, 3.63) is 0 Å². The molecule has 2 aliphatic carbocycles. The van der Waals surface area contributed by atoms with E-state index in [1.165, 1.54) is 25.7 Å². The normalized spacial score (nSPS) is 25.3. The summed E-state index contributed by atoms with van der Waals surface area (Å²) in [5, 5.41) is 9.54. The molecule has 1 nitrogen and oxygen atoms in total. The molecule has 0 heterocycles. The van der Waals surface area contributed by atoms with E-state index in [9.17, 15) is 5.11 Å². The highest BCUT2D eigenvalue weighted by Crippen LogP contribution is 2.57.